The van der Waals surface area contributed by atoms with Crippen molar-refractivity contribution in [3.63, 3.8) is 0 Å². The topological polar surface area (TPSA) is 53.1 Å². The summed E-state index contributed by atoms with van der Waals surface area (Å²) < 4.78 is 6.23. The second-order valence-electron chi connectivity index (χ2n) is 8.59. The number of piperidine rings is 1. The third kappa shape index (κ3) is 2.53. The van der Waals surface area contributed by atoms with Crippen LogP contribution in [-0.4, -0.2) is 84.0 Å². The number of carbonyl (C=O) groups excluding carboxylic acids is 2. The summed E-state index contributed by atoms with van der Waals surface area (Å²) in [5, 5.41) is 0. The molecule has 6 nitrogen and oxygen atoms in total. The first-order chi connectivity index (χ1) is 12.7. The van der Waals surface area contributed by atoms with Crippen molar-refractivity contribution < 1.29 is 14.3 Å². The third-order valence-electron chi connectivity index (χ3n) is 7.02. The Bertz CT molecular complexity index is 624. The van der Waals surface area contributed by atoms with Gasteiger partial charge in [-0.2, -0.15) is 0 Å². The number of hydrogen-bond donors (Lipinski definition) is 0. The zero-order valence-corrected chi connectivity index (χ0v) is 15.4. The molecule has 26 heavy (non-hydrogen) atoms. The quantitative estimate of drug-likeness (QED) is 0.699. The Hall–Kier alpha value is -1.40. The molecule has 6 heteroatoms. The molecule has 0 aromatic carbocycles. The third-order valence-corrected chi connectivity index (χ3v) is 7.02. The Morgan fingerprint density at radius 2 is 1.81 bits per heavy atom. The van der Waals surface area contributed by atoms with Gasteiger partial charge in [-0.3, -0.25) is 9.59 Å². The first kappa shape index (κ1) is 16.8. The summed E-state index contributed by atoms with van der Waals surface area (Å²) in [5.41, 5.74) is -0.552. The van der Waals surface area contributed by atoms with Crippen molar-refractivity contribution in [1.82, 2.24) is 14.7 Å². The number of rotatable bonds is 4. The SMILES string of the molecule is O=C([C@@H]1[C@@H]2C=C[C@@]3(CN(CCN4CCCCC4)C(=O)[C@H]13)O2)N1CCCC1. The van der Waals surface area contributed by atoms with Gasteiger partial charge in [-0.15, -0.1) is 0 Å². The van der Waals surface area contributed by atoms with Crippen LogP contribution in [0.1, 0.15) is 32.1 Å². The zero-order valence-electron chi connectivity index (χ0n) is 15.4. The maximum absolute atomic E-state index is 13.2. The highest BCUT2D eigenvalue weighted by Crippen LogP contribution is 2.52. The Kier molecular flexibility index (Phi) is 4.09. The van der Waals surface area contributed by atoms with E-state index in [9.17, 15) is 9.59 Å². The van der Waals surface area contributed by atoms with Crippen LogP contribution in [0.5, 0.6) is 0 Å². The minimum atomic E-state index is -0.552. The van der Waals surface area contributed by atoms with Crippen molar-refractivity contribution in [2.24, 2.45) is 11.8 Å². The van der Waals surface area contributed by atoms with E-state index in [0.717, 1.165) is 52.1 Å². The molecule has 0 radical (unpaired) electrons. The normalized spacial score (nSPS) is 39.2. The Labute approximate surface area is 155 Å². The van der Waals surface area contributed by atoms with Crippen molar-refractivity contribution in [3.05, 3.63) is 12.2 Å². The van der Waals surface area contributed by atoms with Crippen molar-refractivity contribution in [2.75, 3.05) is 45.8 Å². The van der Waals surface area contributed by atoms with E-state index >= 15 is 0 Å². The van der Waals surface area contributed by atoms with Gasteiger partial charge < -0.3 is 19.4 Å². The smallest absolute Gasteiger partial charge is 0.230 e. The van der Waals surface area contributed by atoms with Crippen molar-refractivity contribution >= 4 is 11.8 Å². The molecule has 1 spiro atoms. The van der Waals surface area contributed by atoms with Crippen LogP contribution >= 0.6 is 0 Å². The number of carbonyl (C=O) groups is 2. The van der Waals surface area contributed by atoms with Crippen molar-refractivity contribution in [1.29, 1.82) is 0 Å². The molecule has 4 fully saturated rings. The molecule has 4 saturated heterocycles. The Morgan fingerprint density at radius 1 is 1.08 bits per heavy atom. The van der Waals surface area contributed by atoms with E-state index < -0.39 is 5.60 Å². The molecule has 4 atom stereocenters. The van der Waals surface area contributed by atoms with Gasteiger partial charge >= 0.3 is 0 Å². The lowest BCUT2D eigenvalue weighted by atomic mass is 9.76. The largest absolute Gasteiger partial charge is 0.360 e. The first-order valence-corrected chi connectivity index (χ1v) is 10.4. The molecule has 0 aliphatic carbocycles. The summed E-state index contributed by atoms with van der Waals surface area (Å²) >= 11 is 0. The van der Waals surface area contributed by atoms with Gasteiger partial charge in [0.15, 0.2) is 0 Å². The molecular weight excluding hydrogens is 330 g/mol. The highest BCUT2D eigenvalue weighted by molar-refractivity contribution is 5.93. The second-order valence-corrected chi connectivity index (χ2v) is 8.59. The molecule has 0 N–H and O–H groups in total. The highest BCUT2D eigenvalue weighted by atomic mass is 16.5. The van der Waals surface area contributed by atoms with E-state index in [0.29, 0.717) is 6.54 Å². The van der Waals surface area contributed by atoms with E-state index in [-0.39, 0.29) is 29.8 Å². The van der Waals surface area contributed by atoms with Crippen LogP contribution in [0, 0.1) is 11.8 Å². The number of ether oxygens (including phenoxy) is 1. The van der Waals surface area contributed by atoms with Crippen LogP contribution < -0.4 is 0 Å². The van der Waals surface area contributed by atoms with Crippen LogP contribution in [0.15, 0.2) is 12.2 Å². The average Bonchev–Trinajstić information content (AvgIpc) is 3.43. The highest BCUT2D eigenvalue weighted by Gasteiger charge is 2.67. The number of likely N-dealkylation sites (tertiary alicyclic amines) is 3. The fraction of sp³-hybridized carbons (Fsp3) is 0.800. The second kappa shape index (κ2) is 6.34. The number of hydrogen-bond acceptors (Lipinski definition) is 4. The van der Waals surface area contributed by atoms with Gasteiger partial charge in [0.1, 0.15) is 5.60 Å². The van der Waals surface area contributed by atoms with Crippen molar-refractivity contribution in [2.45, 2.75) is 43.8 Å². The summed E-state index contributed by atoms with van der Waals surface area (Å²) in [6, 6.07) is 0. The van der Waals surface area contributed by atoms with Gasteiger partial charge in [-0.1, -0.05) is 18.6 Å². The molecule has 2 bridgehead atoms. The van der Waals surface area contributed by atoms with Gasteiger partial charge in [0, 0.05) is 26.2 Å². The summed E-state index contributed by atoms with van der Waals surface area (Å²) in [6.07, 6.45) is 9.88. The fourth-order valence-electron chi connectivity index (χ4n) is 5.64. The zero-order chi connectivity index (χ0) is 17.7. The summed E-state index contributed by atoms with van der Waals surface area (Å²) in [4.78, 5) is 32.6. The molecule has 2 amide bonds. The number of fused-ring (bicyclic) bond motifs is 1. The first-order valence-electron chi connectivity index (χ1n) is 10.4. The Morgan fingerprint density at radius 3 is 2.58 bits per heavy atom. The van der Waals surface area contributed by atoms with E-state index in [1.807, 2.05) is 15.9 Å². The molecule has 0 aromatic rings. The molecule has 142 valence electrons. The molecule has 0 saturated carbocycles. The van der Waals surface area contributed by atoms with E-state index in [4.69, 9.17) is 4.74 Å². The molecule has 5 heterocycles. The predicted molar refractivity (Wildman–Crippen MR) is 96.4 cm³/mol. The lowest BCUT2D eigenvalue weighted by Gasteiger charge is -2.29. The van der Waals surface area contributed by atoms with E-state index in [1.165, 1.54) is 19.3 Å². The minimum absolute atomic E-state index is 0.131. The number of amides is 2. The van der Waals surface area contributed by atoms with Crippen LogP contribution in [0.2, 0.25) is 0 Å². The molecule has 5 rings (SSSR count). The lowest BCUT2D eigenvalue weighted by Crippen LogP contribution is -2.45. The molecule has 5 aliphatic heterocycles. The van der Waals surface area contributed by atoms with Gasteiger partial charge in [0.05, 0.1) is 24.5 Å². The van der Waals surface area contributed by atoms with E-state index in [1.54, 1.807) is 0 Å². The minimum Gasteiger partial charge on any atom is -0.360 e. The molecule has 5 aliphatic rings. The fourth-order valence-corrected chi connectivity index (χ4v) is 5.64. The maximum Gasteiger partial charge on any atom is 0.230 e. The summed E-state index contributed by atoms with van der Waals surface area (Å²) in [7, 11) is 0. The Balaban J connectivity index is 1.30. The monoisotopic (exact) mass is 359 g/mol. The molecule has 0 unspecified atom stereocenters. The van der Waals surface area contributed by atoms with E-state index in [2.05, 4.69) is 11.0 Å². The predicted octanol–water partition coefficient (Wildman–Crippen LogP) is 0.877. The number of nitrogens with zero attached hydrogens (tertiary/aromatic N) is 3. The summed E-state index contributed by atoms with van der Waals surface area (Å²) in [6.45, 7) is 6.25. The lowest BCUT2D eigenvalue weighted by molar-refractivity contribution is -0.142. The van der Waals surface area contributed by atoms with Crippen LogP contribution in [0.3, 0.4) is 0 Å². The van der Waals surface area contributed by atoms with Crippen molar-refractivity contribution in [3.8, 4) is 0 Å². The maximum atomic E-state index is 13.2. The van der Waals surface area contributed by atoms with Gasteiger partial charge in [0.25, 0.3) is 0 Å². The van der Waals surface area contributed by atoms with Gasteiger partial charge in [0.2, 0.25) is 11.8 Å². The standard InChI is InChI=1S/C20H29N3O3/c24-18(22-10-4-5-11-22)16-15-6-7-20(26-15)14-23(19(25)17(16)20)13-12-21-8-2-1-3-9-21/h6-7,15-17H,1-5,8-14H2/t15-,16+,17-,20-/m0/s1. The molecule has 0 aromatic heterocycles. The van der Waals surface area contributed by atoms with Gasteiger partial charge in [-0.25, -0.2) is 0 Å². The summed E-state index contributed by atoms with van der Waals surface area (Å²) in [5.74, 6) is -0.362. The average molecular weight is 359 g/mol. The van der Waals surface area contributed by atoms with Crippen LogP contribution in [0.25, 0.3) is 0 Å². The van der Waals surface area contributed by atoms with Gasteiger partial charge in [-0.05, 0) is 38.8 Å². The van der Waals surface area contributed by atoms with Crippen LogP contribution in [0.4, 0.5) is 0 Å². The van der Waals surface area contributed by atoms with Crippen LogP contribution in [-0.2, 0) is 14.3 Å². The molecular formula is C20H29N3O3.